The Bertz CT molecular complexity index is 543. The van der Waals surface area contributed by atoms with Crippen LogP contribution in [0.15, 0.2) is 42.5 Å². The van der Waals surface area contributed by atoms with E-state index in [4.69, 9.17) is 22.1 Å². The van der Waals surface area contributed by atoms with Crippen LogP contribution in [0.3, 0.4) is 0 Å². The zero-order chi connectivity index (χ0) is 13.0. The summed E-state index contributed by atoms with van der Waals surface area (Å²) >= 11 is 5.99. The standard InChI is InChI=1S/C14H15ClN2O/c1-18-9-10-5-2-3-7-12(10)17-13-8-4-6-11(15)14(13)16/h2-8,17H,9,16H2,1H3. The minimum atomic E-state index is 0.545. The molecule has 0 spiro atoms. The largest absolute Gasteiger partial charge is 0.396 e. The van der Waals surface area contributed by atoms with Crippen molar-refractivity contribution in [2.45, 2.75) is 6.61 Å². The highest BCUT2D eigenvalue weighted by Crippen LogP contribution is 2.30. The molecule has 0 unspecified atom stereocenters. The summed E-state index contributed by atoms with van der Waals surface area (Å²) in [5.74, 6) is 0. The number of methoxy groups -OCH3 is 1. The third kappa shape index (κ3) is 2.75. The maximum atomic E-state index is 5.99. The number of para-hydroxylation sites is 2. The van der Waals surface area contributed by atoms with E-state index in [0.717, 1.165) is 16.9 Å². The molecule has 0 amide bonds. The molecule has 0 bridgehead atoms. The first-order chi connectivity index (χ1) is 8.72. The smallest absolute Gasteiger partial charge is 0.0742 e. The van der Waals surface area contributed by atoms with Gasteiger partial charge in [0.05, 0.1) is 23.0 Å². The lowest BCUT2D eigenvalue weighted by Crippen LogP contribution is -2.00. The van der Waals surface area contributed by atoms with Gasteiger partial charge in [-0.15, -0.1) is 0 Å². The zero-order valence-corrected chi connectivity index (χ0v) is 10.9. The lowest BCUT2D eigenvalue weighted by molar-refractivity contribution is 0.185. The summed E-state index contributed by atoms with van der Waals surface area (Å²) in [6, 6.07) is 13.4. The number of nitrogen functional groups attached to an aromatic ring is 1. The second kappa shape index (κ2) is 5.76. The van der Waals surface area contributed by atoms with Crippen LogP contribution in [-0.2, 0) is 11.3 Å². The Morgan fingerprint density at radius 2 is 1.83 bits per heavy atom. The SMILES string of the molecule is COCc1ccccc1Nc1cccc(Cl)c1N. The van der Waals surface area contributed by atoms with Crippen LogP contribution >= 0.6 is 11.6 Å². The fraction of sp³-hybridized carbons (Fsp3) is 0.143. The molecule has 0 aliphatic rings. The number of rotatable bonds is 4. The molecule has 0 saturated heterocycles. The highest BCUT2D eigenvalue weighted by molar-refractivity contribution is 6.33. The number of anilines is 3. The van der Waals surface area contributed by atoms with Gasteiger partial charge >= 0.3 is 0 Å². The summed E-state index contributed by atoms with van der Waals surface area (Å²) in [5.41, 5.74) is 9.31. The lowest BCUT2D eigenvalue weighted by Gasteiger charge is -2.13. The molecule has 0 aromatic heterocycles. The van der Waals surface area contributed by atoms with Gasteiger partial charge in [0.1, 0.15) is 0 Å². The summed E-state index contributed by atoms with van der Waals surface area (Å²) in [6.07, 6.45) is 0. The van der Waals surface area contributed by atoms with Crippen LogP contribution in [0.25, 0.3) is 0 Å². The van der Waals surface area contributed by atoms with Crippen LogP contribution in [0.4, 0.5) is 17.1 Å². The Kier molecular flexibility index (Phi) is 4.07. The van der Waals surface area contributed by atoms with Gasteiger partial charge < -0.3 is 15.8 Å². The molecule has 0 saturated carbocycles. The maximum absolute atomic E-state index is 5.99. The van der Waals surface area contributed by atoms with Gasteiger partial charge in [-0.2, -0.15) is 0 Å². The van der Waals surface area contributed by atoms with Crippen molar-refractivity contribution in [2.75, 3.05) is 18.2 Å². The van der Waals surface area contributed by atoms with Crippen molar-refractivity contribution >= 4 is 28.7 Å². The molecule has 18 heavy (non-hydrogen) atoms. The van der Waals surface area contributed by atoms with Crippen LogP contribution in [0.5, 0.6) is 0 Å². The van der Waals surface area contributed by atoms with Gasteiger partial charge in [-0.3, -0.25) is 0 Å². The topological polar surface area (TPSA) is 47.3 Å². The summed E-state index contributed by atoms with van der Waals surface area (Å²) in [4.78, 5) is 0. The van der Waals surface area contributed by atoms with Crippen molar-refractivity contribution in [3.05, 3.63) is 53.1 Å². The van der Waals surface area contributed by atoms with Crippen LogP contribution in [0.1, 0.15) is 5.56 Å². The molecule has 3 N–H and O–H groups in total. The van der Waals surface area contributed by atoms with Gasteiger partial charge in [-0.05, 0) is 18.2 Å². The van der Waals surface area contributed by atoms with Crippen LogP contribution in [0.2, 0.25) is 5.02 Å². The molecule has 2 aromatic carbocycles. The van der Waals surface area contributed by atoms with E-state index in [1.54, 1.807) is 13.2 Å². The number of hydrogen-bond donors (Lipinski definition) is 2. The van der Waals surface area contributed by atoms with Gasteiger partial charge in [-0.1, -0.05) is 35.9 Å². The van der Waals surface area contributed by atoms with E-state index >= 15 is 0 Å². The molecule has 4 heteroatoms. The van der Waals surface area contributed by atoms with Crippen LogP contribution in [0, 0.1) is 0 Å². The first-order valence-electron chi connectivity index (χ1n) is 5.60. The van der Waals surface area contributed by atoms with Gasteiger partial charge in [0.15, 0.2) is 0 Å². The lowest BCUT2D eigenvalue weighted by atomic mass is 10.1. The van der Waals surface area contributed by atoms with Crippen molar-refractivity contribution in [1.29, 1.82) is 0 Å². The first-order valence-corrected chi connectivity index (χ1v) is 5.98. The summed E-state index contributed by atoms with van der Waals surface area (Å²) in [5, 5.41) is 3.82. The normalized spacial score (nSPS) is 10.3. The summed E-state index contributed by atoms with van der Waals surface area (Å²) < 4.78 is 5.16. The van der Waals surface area contributed by atoms with E-state index in [-0.39, 0.29) is 0 Å². The Morgan fingerprint density at radius 3 is 2.61 bits per heavy atom. The quantitative estimate of drug-likeness (QED) is 0.824. The van der Waals surface area contributed by atoms with Gasteiger partial charge in [0.2, 0.25) is 0 Å². The fourth-order valence-electron chi connectivity index (χ4n) is 1.71. The number of nitrogens with two attached hydrogens (primary N) is 1. The van der Waals surface area contributed by atoms with E-state index < -0.39 is 0 Å². The Balaban J connectivity index is 2.31. The monoisotopic (exact) mass is 262 g/mol. The number of benzene rings is 2. The van der Waals surface area contributed by atoms with Crippen LogP contribution < -0.4 is 11.1 Å². The maximum Gasteiger partial charge on any atom is 0.0742 e. The Hall–Kier alpha value is -1.71. The summed E-state index contributed by atoms with van der Waals surface area (Å²) in [7, 11) is 1.67. The van der Waals surface area contributed by atoms with Crippen molar-refractivity contribution in [3.63, 3.8) is 0 Å². The molecular formula is C14H15ClN2O. The van der Waals surface area contributed by atoms with E-state index in [2.05, 4.69) is 5.32 Å². The van der Waals surface area contributed by atoms with E-state index in [1.165, 1.54) is 0 Å². The van der Waals surface area contributed by atoms with E-state index in [0.29, 0.717) is 17.3 Å². The fourth-order valence-corrected chi connectivity index (χ4v) is 1.89. The third-order valence-electron chi connectivity index (χ3n) is 2.64. The van der Waals surface area contributed by atoms with E-state index in [9.17, 15) is 0 Å². The Morgan fingerprint density at radius 1 is 1.11 bits per heavy atom. The molecule has 94 valence electrons. The van der Waals surface area contributed by atoms with Gasteiger partial charge in [0, 0.05) is 18.4 Å². The molecule has 2 rings (SSSR count). The van der Waals surface area contributed by atoms with Crippen molar-refractivity contribution in [2.24, 2.45) is 0 Å². The van der Waals surface area contributed by atoms with Crippen molar-refractivity contribution in [3.8, 4) is 0 Å². The highest BCUT2D eigenvalue weighted by Gasteiger charge is 2.06. The van der Waals surface area contributed by atoms with Gasteiger partial charge in [-0.25, -0.2) is 0 Å². The molecule has 0 aliphatic carbocycles. The molecule has 0 radical (unpaired) electrons. The highest BCUT2D eigenvalue weighted by atomic mass is 35.5. The van der Waals surface area contributed by atoms with Gasteiger partial charge in [0.25, 0.3) is 0 Å². The van der Waals surface area contributed by atoms with E-state index in [1.807, 2.05) is 36.4 Å². The molecule has 0 fully saturated rings. The average molecular weight is 263 g/mol. The minimum absolute atomic E-state index is 0.545. The molecular weight excluding hydrogens is 248 g/mol. The predicted molar refractivity (Wildman–Crippen MR) is 76.3 cm³/mol. The third-order valence-corrected chi connectivity index (χ3v) is 2.97. The number of nitrogens with one attached hydrogen (secondary N) is 1. The zero-order valence-electron chi connectivity index (χ0n) is 10.1. The average Bonchev–Trinajstić information content (AvgIpc) is 2.37. The molecule has 0 aliphatic heterocycles. The molecule has 3 nitrogen and oxygen atoms in total. The first kappa shape index (κ1) is 12.7. The molecule has 2 aromatic rings. The number of hydrogen-bond acceptors (Lipinski definition) is 3. The van der Waals surface area contributed by atoms with Crippen molar-refractivity contribution in [1.82, 2.24) is 0 Å². The predicted octanol–water partition coefficient (Wildman–Crippen LogP) is 3.81. The number of ether oxygens (including phenoxy) is 1. The number of halogens is 1. The van der Waals surface area contributed by atoms with Crippen LogP contribution in [-0.4, -0.2) is 7.11 Å². The molecule has 0 atom stereocenters. The van der Waals surface area contributed by atoms with Crippen molar-refractivity contribution < 1.29 is 4.74 Å². The molecule has 0 heterocycles. The summed E-state index contributed by atoms with van der Waals surface area (Å²) in [6.45, 7) is 0.545. The Labute approximate surface area is 112 Å². The minimum Gasteiger partial charge on any atom is -0.396 e. The second-order valence-corrected chi connectivity index (χ2v) is 4.32. The second-order valence-electron chi connectivity index (χ2n) is 3.92.